The van der Waals surface area contributed by atoms with Gasteiger partial charge in [-0.2, -0.15) is 0 Å². The van der Waals surface area contributed by atoms with Crippen LogP contribution in [0.1, 0.15) is 48.5 Å². The van der Waals surface area contributed by atoms with Crippen molar-refractivity contribution < 1.29 is 23.9 Å². The molecule has 0 spiro atoms. The summed E-state index contributed by atoms with van der Waals surface area (Å²) in [6.07, 6.45) is 1.03. The Balaban J connectivity index is 3.10. The van der Waals surface area contributed by atoms with Gasteiger partial charge in [-0.1, -0.05) is 33.8 Å². The highest BCUT2D eigenvalue weighted by Gasteiger charge is 2.45. The van der Waals surface area contributed by atoms with Crippen LogP contribution in [0.5, 0.6) is 0 Å². The first-order chi connectivity index (χ1) is 10.9. The van der Waals surface area contributed by atoms with Crippen molar-refractivity contribution >= 4 is 17.8 Å². The van der Waals surface area contributed by atoms with E-state index in [1.807, 2.05) is 27.7 Å². The summed E-state index contributed by atoms with van der Waals surface area (Å²) in [5, 5.41) is 0. The van der Waals surface area contributed by atoms with Crippen LogP contribution in [0, 0.1) is 11.8 Å². The van der Waals surface area contributed by atoms with Crippen LogP contribution in [0.15, 0.2) is 11.6 Å². The van der Waals surface area contributed by atoms with Crippen LogP contribution in [0.2, 0.25) is 0 Å². The molecule has 1 saturated heterocycles. The number of hydrogen-bond donors (Lipinski definition) is 0. The molecule has 1 unspecified atom stereocenters. The maximum atomic E-state index is 12.5. The van der Waals surface area contributed by atoms with E-state index in [-0.39, 0.29) is 30.8 Å². The number of amides is 1. The fourth-order valence-electron chi connectivity index (χ4n) is 2.27. The average molecular weight is 339 g/mol. The second-order valence-corrected chi connectivity index (χ2v) is 7.82. The van der Waals surface area contributed by atoms with Crippen molar-refractivity contribution in [2.24, 2.45) is 11.8 Å². The van der Waals surface area contributed by atoms with Crippen molar-refractivity contribution in [2.45, 2.75) is 60.1 Å². The summed E-state index contributed by atoms with van der Waals surface area (Å²) in [6, 6.07) is -1.03. The number of carbonyl (C=O) groups is 3. The number of carbonyl (C=O) groups excluding carboxylic acids is 3. The van der Waals surface area contributed by atoms with Crippen LogP contribution in [-0.2, 0) is 19.1 Å². The summed E-state index contributed by atoms with van der Waals surface area (Å²) in [5.41, 5.74) is -0.401. The predicted molar refractivity (Wildman–Crippen MR) is 90.5 cm³/mol. The molecule has 1 fully saturated rings. The minimum atomic E-state index is -1.03. The Morgan fingerprint density at radius 2 is 1.83 bits per heavy atom. The largest absolute Gasteiger partial charge is 0.464 e. The summed E-state index contributed by atoms with van der Waals surface area (Å²) in [4.78, 5) is 38.4. The molecular weight excluding hydrogens is 310 g/mol. The van der Waals surface area contributed by atoms with E-state index >= 15 is 0 Å². The second kappa shape index (κ2) is 7.81. The Kier molecular flexibility index (Phi) is 6.58. The zero-order valence-electron chi connectivity index (χ0n) is 15.7. The number of hydrogen-bond acceptors (Lipinski definition) is 5. The number of esters is 1. The van der Waals surface area contributed by atoms with E-state index in [2.05, 4.69) is 0 Å². The molecule has 6 heteroatoms. The Hall–Kier alpha value is -1.85. The third-order valence-electron chi connectivity index (χ3n) is 3.17. The first kappa shape index (κ1) is 20.2. The molecule has 0 saturated carbocycles. The molecule has 1 atom stereocenters. The van der Waals surface area contributed by atoms with Crippen LogP contribution < -0.4 is 0 Å². The van der Waals surface area contributed by atoms with Gasteiger partial charge in [0.15, 0.2) is 11.8 Å². The molecule has 0 radical (unpaired) electrons. The Morgan fingerprint density at radius 3 is 2.29 bits per heavy atom. The lowest BCUT2D eigenvalue weighted by atomic mass is 10.0. The minimum absolute atomic E-state index is 0.0722. The normalized spacial score (nSPS) is 20.2. The van der Waals surface area contributed by atoms with Gasteiger partial charge in [0.25, 0.3) is 0 Å². The standard InChI is InChI=1S/C18H29NO5/c1-11(2)8-13-14(20)9-19(17(22)24-18(5,6)7)15(13)16(21)23-10-12(3)4/h8,11-12,15H,9-10H2,1-7H3. The maximum Gasteiger partial charge on any atom is 0.411 e. The average Bonchev–Trinajstić information content (AvgIpc) is 2.71. The molecule has 136 valence electrons. The van der Waals surface area contributed by atoms with E-state index in [1.165, 1.54) is 0 Å². The fourth-order valence-corrected chi connectivity index (χ4v) is 2.27. The van der Waals surface area contributed by atoms with Gasteiger partial charge in [-0.15, -0.1) is 0 Å². The summed E-state index contributed by atoms with van der Waals surface area (Å²) < 4.78 is 10.6. The van der Waals surface area contributed by atoms with Crippen molar-refractivity contribution in [1.29, 1.82) is 0 Å². The lowest BCUT2D eigenvalue weighted by molar-refractivity contribution is -0.148. The molecule has 1 aliphatic heterocycles. The number of nitrogens with zero attached hydrogens (tertiary/aromatic N) is 1. The Bertz CT molecular complexity index is 528. The van der Waals surface area contributed by atoms with Gasteiger partial charge in [0.2, 0.25) is 0 Å². The number of allylic oxidation sites excluding steroid dienone is 1. The Morgan fingerprint density at radius 1 is 1.25 bits per heavy atom. The van der Waals surface area contributed by atoms with Gasteiger partial charge in [-0.25, -0.2) is 9.59 Å². The van der Waals surface area contributed by atoms with E-state index in [1.54, 1.807) is 26.8 Å². The number of ketones is 1. The van der Waals surface area contributed by atoms with Gasteiger partial charge < -0.3 is 9.47 Å². The zero-order valence-corrected chi connectivity index (χ0v) is 15.7. The molecule has 0 aliphatic carbocycles. The van der Waals surface area contributed by atoms with E-state index in [0.717, 1.165) is 4.90 Å². The van der Waals surface area contributed by atoms with Crippen molar-refractivity contribution in [2.75, 3.05) is 13.2 Å². The van der Waals surface area contributed by atoms with Gasteiger partial charge >= 0.3 is 12.1 Å². The molecule has 6 nitrogen and oxygen atoms in total. The van der Waals surface area contributed by atoms with Gasteiger partial charge in [-0.05, 0) is 32.6 Å². The molecule has 0 bridgehead atoms. The zero-order chi connectivity index (χ0) is 18.7. The van der Waals surface area contributed by atoms with Crippen molar-refractivity contribution in [3.05, 3.63) is 11.6 Å². The summed E-state index contributed by atoms with van der Waals surface area (Å²) in [7, 11) is 0. The molecule has 24 heavy (non-hydrogen) atoms. The van der Waals surface area contributed by atoms with Crippen LogP contribution in [0.3, 0.4) is 0 Å². The first-order valence-corrected chi connectivity index (χ1v) is 8.33. The van der Waals surface area contributed by atoms with Crippen LogP contribution in [0.4, 0.5) is 4.79 Å². The maximum absolute atomic E-state index is 12.5. The quantitative estimate of drug-likeness (QED) is 0.581. The molecule has 1 heterocycles. The minimum Gasteiger partial charge on any atom is -0.464 e. The van der Waals surface area contributed by atoms with Gasteiger partial charge in [0, 0.05) is 5.57 Å². The summed E-state index contributed by atoms with van der Waals surface area (Å²) in [6.45, 7) is 12.9. The highest BCUT2D eigenvalue weighted by atomic mass is 16.6. The van der Waals surface area contributed by atoms with E-state index in [0.29, 0.717) is 5.57 Å². The summed E-state index contributed by atoms with van der Waals surface area (Å²) in [5.74, 6) is -0.602. The fraction of sp³-hybridized carbons (Fsp3) is 0.722. The van der Waals surface area contributed by atoms with E-state index < -0.39 is 23.7 Å². The van der Waals surface area contributed by atoms with Crippen molar-refractivity contribution in [1.82, 2.24) is 4.90 Å². The van der Waals surface area contributed by atoms with Gasteiger partial charge in [-0.3, -0.25) is 9.69 Å². The number of rotatable bonds is 4. The highest BCUT2D eigenvalue weighted by Crippen LogP contribution is 2.26. The molecule has 1 aliphatic rings. The van der Waals surface area contributed by atoms with Gasteiger partial charge in [0.05, 0.1) is 13.2 Å². The third kappa shape index (κ3) is 5.65. The lowest BCUT2D eigenvalue weighted by Crippen LogP contribution is -2.44. The van der Waals surface area contributed by atoms with Crippen molar-refractivity contribution in [3.8, 4) is 0 Å². The SMILES string of the molecule is CC(C)C=C1C(=O)CN(C(=O)OC(C)(C)C)C1C(=O)OCC(C)C. The third-order valence-corrected chi connectivity index (χ3v) is 3.17. The van der Waals surface area contributed by atoms with Crippen LogP contribution >= 0.6 is 0 Å². The van der Waals surface area contributed by atoms with Crippen LogP contribution in [0.25, 0.3) is 0 Å². The molecule has 0 aromatic rings. The van der Waals surface area contributed by atoms with Crippen molar-refractivity contribution in [3.63, 3.8) is 0 Å². The molecule has 0 N–H and O–H groups in total. The monoisotopic (exact) mass is 339 g/mol. The molecule has 1 amide bonds. The molecular formula is C18H29NO5. The predicted octanol–water partition coefficient (Wildman–Crippen LogP) is 2.96. The number of Topliss-reactive ketones (excluding diaryl/α,β-unsaturated/α-hetero) is 1. The second-order valence-electron chi connectivity index (χ2n) is 7.82. The van der Waals surface area contributed by atoms with Gasteiger partial charge in [0.1, 0.15) is 5.60 Å². The molecule has 0 aromatic heterocycles. The molecule has 1 rings (SSSR count). The van der Waals surface area contributed by atoms with Crippen LogP contribution in [-0.4, -0.2) is 47.5 Å². The first-order valence-electron chi connectivity index (χ1n) is 8.33. The highest BCUT2D eigenvalue weighted by molar-refractivity contribution is 6.09. The van der Waals surface area contributed by atoms with E-state index in [9.17, 15) is 14.4 Å². The topological polar surface area (TPSA) is 72.9 Å². The number of likely N-dealkylation sites (tertiary alicyclic amines) is 1. The lowest BCUT2D eigenvalue weighted by Gasteiger charge is -2.27. The Labute approximate surface area is 144 Å². The summed E-state index contributed by atoms with van der Waals surface area (Å²) >= 11 is 0. The molecule has 0 aromatic carbocycles. The van der Waals surface area contributed by atoms with E-state index in [4.69, 9.17) is 9.47 Å². The smallest absolute Gasteiger partial charge is 0.411 e. The number of ether oxygens (including phenoxy) is 2.